The Labute approximate surface area is 146 Å². The largest absolute Gasteiger partial charge is 0.345 e. The zero-order chi connectivity index (χ0) is 18.1. The quantitative estimate of drug-likeness (QED) is 0.566. The fraction of sp³-hybridized carbons (Fsp3) is 0.154. The van der Waals surface area contributed by atoms with Gasteiger partial charge < -0.3 is 4.57 Å². The maximum absolute atomic E-state index is 12.4. The van der Waals surface area contributed by atoms with Crippen LogP contribution in [0.4, 0.5) is 5.69 Å². The van der Waals surface area contributed by atoms with E-state index in [0.29, 0.717) is 4.47 Å². The normalized spacial score (nSPS) is 11.3. The Bertz CT molecular complexity index is 922. The number of sulfonamides is 1. The lowest BCUT2D eigenvalue weighted by Crippen LogP contribution is -2.42. The summed E-state index contributed by atoms with van der Waals surface area (Å²) in [4.78, 5) is 23.7. The molecule has 128 valence electrons. The minimum absolute atomic E-state index is 0.188. The first-order valence-electron chi connectivity index (χ1n) is 6.51. The average Bonchev–Trinajstić information content (AvgIpc) is 2.83. The third-order valence-electron chi connectivity index (χ3n) is 3.16. The van der Waals surface area contributed by atoms with Crippen molar-refractivity contribution in [2.75, 3.05) is 0 Å². The Kier molecular flexibility index (Phi) is 5.06. The summed E-state index contributed by atoms with van der Waals surface area (Å²) in [7, 11) is -2.71. The van der Waals surface area contributed by atoms with Gasteiger partial charge in [0, 0.05) is 23.8 Å². The van der Waals surface area contributed by atoms with Gasteiger partial charge in [-0.25, -0.2) is 8.42 Å². The second-order valence-electron chi connectivity index (χ2n) is 4.89. The van der Waals surface area contributed by atoms with E-state index in [1.54, 1.807) is 13.2 Å². The van der Waals surface area contributed by atoms with Gasteiger partial charge in [0.2, 0.25) is 0 Å². The maximum Gasteiger partial charge on any atom is 0.289 e. The molecule has 0 unspecified atom stereocenters. The lowest BCUT2D eigenvalue weighted by atomic mass is 10.2. The van der Waals surface area contributed by atoms with Crippen LogP contribution < -0.4 is 10.3 Å². The number of halogens is 1. The number of amides is 1. The van der Waals surface area contributed by atoms with Crippen molar-refractivity contribution < 1.29 is 18.1 Å². The number of rotatable bonds is 5. The molecule has 24 heavy (non-hydrogen) atoms. The maximum atomic E-state index is 12.4. The van der Waals surface area contributed by atoms with E-state index in [0.717, 1.165) is 6.07 Å². The molecule has 1 amide bonds. The lowest BCUT2D eigenvalue weighted by Gasteiger charge is -2.11. The summed E-state index contributed by atoms with van der Waals surface area (Å²) in [5.41, 5.74) is 1.86. The molecule has 1 aromatic carbocycles. The van der Waals surface area contributed by atoms with Gasteiger partial charge in [-0.3, -0.25) is 20.3 Å². The van der Waals surface area contributed by atoms with Crippen LogP contribution in [0.15, 0.2) is 39.8 Å². The van der Waals surface area contributed by atoms with Gasteiger partial charge in [0.15, 0.2) is 4.90 Å². The smallest absolute Gasteiger partial charge is 0.289 e. The molecule has 0 aliphatic rings. The summed E-state index contributed by atoms with van der Waals surface area (Å²) in [5, 5.41) is 11.0. The fourth-order valence-corrected chi connectivity index (χ4v) is 3.87. The lowest BCUT2D eigenvalue weighted by molar-refractivity contribution is -0.387. The van der Waals surface area contributed by atoms with E-state index in [2.05, 4.69) is 15.9 Å². The molecule has 2 N–H and O–H groups in total. The monoisotopic (exact) mass is 416 g/mol. The second kappa shape index (κ2) is 6.71. The van der Waals surface area contributed by atoms with Crippen molar-refractivity contribution in [3.05, 3.63) is 56.3 Å². The predicted molar refractivity (Wildman–Crippen MR) is 88.7 cm³/mol. The van der Waals surface area contributed by atoms with E-state index in [-0.39, 0.29) is 11.3 Å². The van der Waals surface area contributed by atoms with Crippen LogP contribution in [0, 0.1) is 17.0 Å². The highest BCUT2D eigenvalue weighted by Gasteiger charge is 2.28. The van der Waals surface area contributed by atoms with Crippen molar-refractivity contribution in [3.63, 3.8) is 0 Å². The van der Waals surface area contributed by atoms with Crippen LogP contribution in [0.25, 0.3) is 0 Å². The predicted octanol–water partition coefficient (Wildman–Crippen LogP) is 1.63. The van der Waals surface area contributed by atoms with Gasteiger partial charge in [0.1, 0.15) is 5.69 Å². The number of nitrogens with one attached hydrogen (secondary N) is 2. The number of aromatic nitrogens is 1. The zero-order valence-electron chi connectivity index (χ0n) is 12.6. The van der Waals surface area contributed by atoms with Gasteiger partial charge in [-0.05, 0) is 34.5 Å². The standard InChI is InChI=1S/C13H13BrN4O5S/c1-8-4-3-5-10(18(20)21)12(8)24(22,23)16-15-13(19)11-6-9(14)7-17(11)2/h3-7,16H,1-2H3,(H,15,19). The Morgan fingerprint density at radius 3 is 2.58 bits per heavy atom. The van der Waals surface area contributed by atoms with Crippen LogP contribution in [0.2, 0.25) is 0 Å². The Balaban J connectivity index is 2.29. The molecule has 0 spiro atoms. The first-order chi connectivity index (χ1) is 11.1. The number of carbonyl (C=O) groups excluding carboxylic acids is 1. The van der Waals surface area contributed by atoms with E-state index < -0.39 is 31.4 Å². The van der Waals surface area contributed by atoms with E-state index in [9.17, 15) is 23.3 Å². The summed E-state index contributed by atoms with van der Waals surface area (Å²) in [6.07, 6.45) is 1.62. The minimum atomic E-state index is -4.32. The van der Waals surface area contributed by atoms with Crippen molar-refractivity contribution in [2.45, 2.75) is 11.8 Å². The number of nitro benzene ring substituents is 1. The number of aryl methyl sites for hydroxylation is 2. The van der Waals surface area contributed by atoms with E-state index in [1.807, 2.05) is 10.3 Å². The molecule has 0 fully saturated rings. The number of benzene rings is 1. The summed E-state index contributed by atoms with van der Waals surface area (Å²) in [6, 6.07) is 5.39. The molecule has 2 rings (SSSR count). The summed E-state index contributed by atoms with van der Waals surface area (Å²) in [6.45, 7) is 1.43. The Morgan fingerprint density at radius 1 is 1.38 bits per heavy atom. The van der Waals surface area contributed by atoms with Gasteiger partial charge in [-0.15, -0.1) is 4.83 Å². The van der Waals surface area contributed by atoms with E-state index >= 15 is 0 Å². The highest BCUT2D eigenvalue weighted by atomic mass is 79.9. The van der Waals surface area contributed by atoms with E-state index in [4.69, 9.17) is 0 Å². The molecule has 0 aliphatic heterocycles. The van der Waals surface area contributed by atoms with Gasteiger partial charge in [-0.2, -0.15) is 0 Å². The zero-order valence-corrected chi connectivity index (χ0v) is 15.0. The van der Waals surface area contributed by atoms with Crippen LogP contribution >= 0.6 is 15.9 Å². The van der Waals surface area contributed by atoms with Crippen LogP contribution in [-0.4, -0.2) is 23.8 Å². The molecule has 0 saturated carbocycles. The summed E-state index contributed by atoms with van der Waals surface area (Å²) >= 11 is 3.20. The van der Waals surface area contributed by atoms with Crippen molar-refractivity contribution in [3.8, 4) is 0 Å². The molecule has 1 aromatic heterocycles. The van der Waals surface area contributed by atoms with Gasteiger partial charge in [0.05, 0.1) is 4.92 Å². The molecule has 0 radical (unpaired) electrons. The molecule has 0 atom stereocenters. The summed E-state index contributed by atoms with van der Waals surface area (Å²) in [5.74, 6) is -0.706. The molecule has 9 nitrogen and oxygen atoms in total. The molecule has 0 saturated heterocycles. The number of hydrazine groups is 1. The minimum Gasteiger partial charge on any atom is -0.345 e. The third-order valence-corrected chi connectivity index (χ3v) is 5.03. The highest BCUT2D eigenvalue weighted by Crippen LogP contribution is 2.26. The Morgan fingerprint density at radius 2 is 2.04 bits per heavy atom. The van der Waals surface area contributed by atoms with Crippen LogP contribution in [0.3, 0.4) is 0 Å². The first-order valence-corrected chi connectivity index (χ1v) is 8.79. The number of hydrogen-bond acceptors (Lipinski definition) is 5. The number of hydrogen-bond donors (Lipinski definition) is 2. The fourth-order valence-electron chi connectivity index (χ4n) is 2.11. The first kappa shape index (κ1) is 18.1. The molecule has 0 aliphatic carbocycles. The summed E-state index contributed by atoms with van der Waals surface area (Å²) < 4.78 is 26.9. The number of carbonyl (C=O) groups is 1. The van der Waals surface area contributed by atoms with Crippen molar-refractivity contribution in [1.29, 1.82) is 0 Å². The molecule has 1 heterocycles. The van der Waals surface area contributed by atoms with Crippen molar-refractivity contribution in [2.24, 2.45) is 7.05 Å². The van der Waals surface area contributed by atoms with E-state index in [1.165, 1.54) is 29.7 Å². The molecule has 11 heteroatoms. The van der Waals surface area contributed by atoms with Gasteiger partial charge in [0.25, 0.3) is 21.6 Å². The molecule has 0 bridgehead atoms. The van der Waals surface area contributed by atoms with Crippen LogP contribution in [0.5, 0.6) is 0 Å². The Hall–Kier alpha value is -2.24. The average molecular weight is 417 g/mol. The van der Waals surface area contributed by atoms with Crippen LogP contribution in [-0.2, 0) is 17.1 Å². The molecular weight excluding hydrogens is 404 g/mol. The van der Waals surface area contributed by atoms with Gasteiger partial charge >= 0.3 is 0 Å². The number of nitro groups is 1. The molecule has 2 aromatic rings. The van der Waals surface area contributed by atoms with Gasteiger partial charge in [-0.1, -0.05) is 12.1 Å². The topological polar surface area (TPSA) is 123 Å². The number of nitrogens with zero attached hydrogens (tertiary/aromatic N) is 2. The molecular formula is C13H13BrN4O5S. The van der Waals surface area contributed by atoms with Crippen molar-refractivity contribution in [1.82, 2.24) is 14.8 Å². The van der Waals surface area contributed by atoms with Crippen molar-refractivity contribution >= 4 is 37.5 Å². The highest BCUT2D eigenvalue weighted by molar-refractivity contribution is 9.10. The third kappa shape index (κ3) is 3.63. The van der Waals surface area contributed by atoms with Crippen LogP contribution in [0.1, 0.15) is 16.1 Å². The SMILES string of the molecule is Cc1cccc([N+](=O)[O-])c1S(=O)(=O)NNC(=O)c1cc(Br)cn1C. The second-order valence-corrected chi connectivity index (χ2v) is 7.43.